The second-order valence-corrected chi connectivity index (χ2v) is 5.67. The fourth-order valence-electron chi connectivity index (χ4n) is 1.16. The van der Waals surface area contributed by atoms with Gasteiger partial charge in [-0.25, -0.2) is 4.79 Å². The molecule has 0 atom stereocenters. The van der Waals surface area contributed by atoms with E-state index in [4.69, 9.17) is 16.7 Å². The second-order valence-electron chi connectivity index (χ2n) is 3.04. The number of thiophene rings is 2. The Labute approximate surface area is 115 Å². The first-order valence-electron chi connectivity index (χ1n) is 4.61. The van der Waals surface area contributed by atoms with E-state index >= 15 is 0 Å². The number of ether oxygens (including phenoxy) is 1. The molecule has 0 aliphatic carbocycles. The second kappa shape index (κ2) is 5.38. The van der Waals surface area contributed by atoms with Crippen LogP contribution in [0.25, 0.3) is 0 Å². The summed E-state index contributed by atoms with van der Waals surface area (Å²) in [4.78, 5) is 22.7. The highest BCUT2D eigenvalue weighted by Crippen LogP contribution is 2.32. The largest absolute Gasteiger partial charge is 0.511 e. The molecular weight excluding hydrogens is 298 g/mol. The summed E-state index contributed by atoms with van der Waals surface area (Å²) in [5.41, 5.74) is 0. The SMILES string of the molecule is O=C(O)Oc1ccsc1NC(=O)c1ccc(Cl)s1. The standard InChI is InChI=1S/C10H6ClNO4S2/c11-7-2-1-6(18-7)8(13)12-9-5(3-4-17-9)16-10(14)15/h1-4H,(H,12,13)(H,14,15). The summed E-state index contributed by atoms with van der Waals surface area (Å²) in [6.45, 7) is 0. The van der Waals surface area contributed by atoms with Gasteiger partial charge in [0, 0.05) is 0 Å². The Balaban J connectivity index is 2.12. The average Bonchev–Trinajstić information content (AvgIpc) is 2.88. The highest BCUT2D eigenvalue weighted by atomic mass is 35.5. The van der Waals surface area contributed by atoms with Gasteiger partial charge in [-0.2, -0.15) is 0 Å². The van der Waals surface area contributed by atoms with Crippen molar-refractivity contribution in [2.24, 2.45) is 0 Å². The first kappa shape index (κ1) is 12.9. The van der Waals surface area contributed by atoms with Gasteiger partial charge in [0.25, 0.3) is 5.91 Å². The van der Waals surface area contributed by atoms with Crippen molar-refractivity contribution >= 4 is 51.3 Å². The van der Waals surface area contributed by atoms with E-state index in [9.17, 15) is 9.59 Å². The first-order valence-corrected chi connectivity index (χ1v) is 6.68. The highest BCUT2D eigenvalue weighted by Gasteiger charge is 2.14. The van der Waals surface area contributed by atoms with Crippen LogP contribution in [0.3, 0.4) is 0 Å². The Kier molecular flexibility index (Phi) is 3.85. The van der Waals surface area contributed by atoms with Crippen molar-refractivity contribution in [3.63, 3.8) is 0 Å². The number of hydrogen-bond acceptors (Lipinski definition) is 5. The fourth-order valence-corrected chi connectivity index (χ4v) is 2.81. The van der Waals surface area contributed by atoms with E-state index in [-0.39, 0.29) is 11.7 Å². The van der Waals surface area contributed by atoms with E-state index in [1.807, 2.05) is 0 Å². The van der Waals surface area contributed by atoms with Gasteiger partial charge >= 0.3 is 6.16 Å². The molecule has 0 fully saturated rings. The van der Waals surface area contributed by atoms with E-state index in [1.165, 1.54) is 17.4 Å². The maximum atomic E-state index is 11.8. The first-order chi connectivity index (χ1) is 8.56. The fraction of sp³-hybridized carbons (Fsp3) is 0. The molecule has 0 unspecified atom stereocenters. The summed E-state index contributed by atoms with van der Waals surface area (Å²) in [6.07, 6.45) is -1.43. The molecule has 0 aliphatic rings. The Morgan fingerprint density at radius 1 is 1.33 bits per heavy atom. The van der Waals surface area contributed by atoms with E-state index in [1.54, 1.807) is 17.5 Å². The quantitative estimate of drug-likeness (QED) is 0.846. The minimum atomic E-state index is -1.43. The van der Waals surface area contributed by atoms with Crippen LogP contribution < -0.4 is 10.1 Å². The molecule has 0 bridgehead atoms. The molecule has 8 heteroatoms. The zero-order valence-corrected chi connectivity index (χ0v) is 11.1. The number of nitrogens with one attached hydrogen (secondary N) is 1. The van der Waals surface area contributed by atoms with Crippen molar-refractivity contribution in [2.75, 3.05) is 5.32 Å². The van der Waals surface area contributed by atoms with E-state index < -0.39 is 6.16 Å². The van der Waals surface area contributed by atoms with E-state index in [2.05, 4.69) is 10.1 Å². The maximum absolute atomic E-state index is 11.8. The molecule has 0 spiro atoms. The zero-order chi connectivity index (χ0) is 13.1. The predicted octanol–water partition coefficient (Wildman–Crippen LogP) is 3.77. The summed E-state index contributed by atoms with van der Waals surface area (Å²) in [5.74, 6) is -0.256. The third-order valence-corrected chi connectivity index (χ3v) is 3.89. The Bertz CT molecular complexity index is 592. The van der Waals surface area contributed by atoms with Gasteiger partial charge < -0.3 is 15.2 Å². The van der Waals surface area contributed by atoms with Crippen LogP contribution in [0.15, 0.2) is 23.6 Å². The van der Waals surface area contributed by atoms with E-state index in [0.29, 0.717) is 14.2 Å². The van der Waals surface area contributed by atoms with Gasteiger partial charge in [-0.15, -0.1) is 22.7 Å². The number of amides is 1. The highest BCUT2D eigenvalue weighted by molar-refractivity contribution is 7.18. The summed E-state index contributed by atoms with van der Waals surface area (Å²) in [7, 11) is 0. The minimum absolute atomic E-state index is 0.100. The smallest absolute Gasteiger partial charge is 0.449 e. The van der Waals surface area contributed by atoms with Gasteiger partial charge in [0.1, 0.15) is 5.00 Å². The molecule has 0 saturated carbocycles. The van der Waals surface area contributed by atoms with Gasteiger partial charge in [0.2, 0.25) is 0 Å². The van der Waals surface area contributed by atoms with Crippen molar-refractivity contribution in [2.45, 2.75) is 0 Å². The molecule has 94 valence electrons. The molecule has 2 N–H and O–H groups in total. The van der Waals surface area contributed by atoms with Crippen LogP contribution >= 0.6 is 34.3 Å². The number of carboxylic acid groups (broad SMARTS) is 1. The molecule has 1 amide bonds. The molecular formula is C10H6ClNO4S2. The molecule has 0 radical (unpaired) electrons. The van der Waals surface area contributed by atoms with Crippen LogP contribution in [0.2, 0.25) is 4.34 Å². The number of carbonyl (C=O) groups is 2. The summed E-state index contributed by atoms with van der Waals surface area (Å²) >= 11 is 8.04. The van der Waals surface area contributed by atoms with Gasteiger partial charge in [-0.1, -0.05) is 11.6 Å². The van der Waals surface area contributed by atoms with Crippen molar-refractivity contribution in [1.82, 2.24) is 0 Å². The monoisotopic (exact) mass is 303 g/mol. The molecule has 0 saturated heterocycles. The lowest BCUT2D eigenvalue weighted by Gasteiger charge is -2.03. The van der Waals surface area contributed by atoms with Crippen molar-refractivity contribution in [3.8, 4) is 5.75 Å². The molecule has 2 aromatic rings. The van der Waals surface area contributed by atoms with Gasteiger partial charge in [-0.3, -0.25) is 4.79 Å². The summed E-state index contributed by atoms with van der Waals surface area (Å²) < 4.78 is 5.02. The number of halogens is 1. The van der Waals surface area contributed by atoms with Crippen molar-refractivity contribution < 1.29 is 19.4 Å². The molecule has 0 aliphatic heterocycles. The predicted molar refractivity (Wildman–Crippen MR) is 70.3 cm³/mol. The number of anilines is 1. The summed E-state index contributed by atoms with van der Waals surface area (Å²) in [5, 5.41) is 13.0. The number of hydrogen-bond donors (Lipinski definition) is 2. The zero-order valence-electron chi connectivity index (χ0n) is 8.68. The van der Waals surface area contributed by atoms with Crippen LogP contribution in [0.1, 0.15) is 9.67 Å². The maximum Gasteiger partial charge on any atom is 0.511 e. The normalized spacial score (nSPS) is 10.1. The molecule has 2 aromatic heterocycles. The molecule has 0 aromatic carbocycles. The number of carbonyl (C=O) groups excluding carboxylic acids is 1. The lowest BCUT2D eigenvalue weighted by molar-refractivity contribution is 0.102. The lowest BCUT2D eigenvalue weighted by atomic mass is 10.4. The van der Waals surface area contributed by atoms with Gasteiger partial charge in [0.15, 0.2) is 5.75 Å². The van der Waals surface area contributed by atoms with E-state index in [0.717, 1.165) is 11.3 Å². The van der Waals surface area contributed by atoms with Crippen LogP contribution in [-0.2, 0) is 0 Å². The Morgan fingerprint density at radius 3 is 2.72 bits per heavy atom. The van der Waals surface area contributed by atoms with Gasteiger partial charge in [0.05, 0.1) is 9.21 Å². The third-order valence-electron chi connectivity index (χ3n) is 1.85. The van der Waals surface area contributed by atoms with Crippen molar-refractivity contribution in [3.05, 3.63) is 32.8 Å². The molecule has 2 heterocycles. The molecule has 2 rings (SSSR count). The third kappa shape index (κ3) is 3.00. The number of rotatable bonds is 3. The Morgan fingerprint density at radius 2 is 2.11 bits per heavy atom. The van der Waals surface area contributed by atoms with Crippen LogP contribution in [0.4, 0.5) is 9.80 Å². The Hall–Kier alpha value is -1.57. The average molecular weight is 304 g/mol. The van der Waals surface area contributed by atoms with Crippen LogP contribution in [0.5, 0.6) is 5.75 Å². The minimum Gasteiger partial charge on any atom is -0.449 e. The topological polar surface area (TPSA) is 75.6 Å². The summed E-state index contributed by atoms with van der Waals surface area (Å²) in [6, 6.07) is 4.67. The molecule has 18 heavy (non-hydrogen) atoms. The van der Waals surface area contributed by atoms with Crippen molar-refractivity contribution in [1.29, 1.82) is 0 Å². The van der Waals surface area contributed by atoms with Crippen LogP contribution in [0, 0.1) is 0 Å². The lowest BCUT2D eigenvalue weighted by Crippen LogP contribution is -2.11. The van der Waals surface area contributed by atoms with Crippen LogP contribution in [-0.4, -0.2) is 17.2 Å². The van der Waals surface area contributed by atoms with Gasteiger partial charge in [-0.05, 0) is 23.6 Å². The molecule has 5 nitrogen and oxygen atoms in total.